The molecule has 1 atom stereocenters. The fourth-order valence-electron chi connectivity index (χ4n) is 1.74. The highest BCUT2D eigenvalue weighted by Gasteiger charge is 2.12. The van der Waals surface area contributed by atoms with Crippen LogP contribution in [0.25, 0.3) is 0 Å². The van der Waals surface area contributed by atoms with Gasteiger partial charge in [0.25, 0.3) is 0 Å². The van der Waals surface area contributed by atoms with Gasteiger partial charge < -0.3 is 11.1 Å². The first-order valence-electron chi connectivity index (χ1n) is 6.46. The number of carbonyl (C=O) groups excluding carboxylic acids is 1. The Labute approximate surface area is 121 Å². The predicted octanol–water partition coefficient (Wildman–Crippen LogP) is 1.48. The number of carbonyl (C=O) groups is 1. The number of hydrogen-bond donors (Lipinski definition) is 2. The van der Waals surface area contributed by atoms with Crippen LogP contribution in [0.4, 0.5) is 5.13 Å². The Bertz CT molecular complexity index is 578. The van der Waals surface area contributed by atoms with E-state index in [1.807, 2.05) is 12.3 Å². The number of rotatable bonds is 6. The summed E-state index contributed by atoms with van der Waals surface area (Å²) in [4.78, 5) is 16.0. The van der Waals surface area contributed by atoms with Gasteiger partial charge in [-0.1, -0.05) is 18.6 Å². The molecule has 0 fully saturated rings. The summed E-state index contributed by atoms with van der Waals surface area (Å²) in [7, 11) is 0. The van der Waals surface area contributed by atoms with Crippen LogP contribution >= 0.6 is 11.3 Å². The van der Waals surface area contributed by atoms with Crippen molar-refractivity contribution in [2.24, 2.45) is 5.73 Å². The van der Waals surface area contributed by atoms with Crippen LogP contribution < -0.4 is 11.1 Å². The van der Waals surface area contributed by atoms with Crippen molar-refractivity contribution in [2.75, 3.05) is 5.32 Å². The summed E-state index contributed by atoms with van der Waals surface area (Å²) in [5, 5.41) is 13.1. The highest BCUT2D eigenvalue weighted by molar-refractivity contribution is 7.13. The third kappa shape index (κ3) is 3.84. The van der Waals surface area contributed by atoms with Gasteiger partial charge in [0.2, 0.25) is 5.91 Å². The predicted molar refractivity (Wildman–Crippen MR) is 77.3 cm³/mol. The fourth-order valence-corrected chi connectivity index (χ4v) is 2.44. The molecule has 2 aromatic heterocycles. The van der Waals surface area contributed by atoms with Crippen molar-refractivity contribution in [1.29, 1.82) is 0 Å². The van der Waals surface area contributed by atoms with Crippen molar-refractivity contribution in [3.8, 4) is 0 Å². The maximum Gasteiger partial charge on any atom is 0.247 e. The molecule has 0 bridgehead atoms. The van der Waals surface area contributed by atoms with Crippen molar-refractivity contribution in [2.45, 2.75) is 39.3 Å². The van der Waals surface area contributed by atoms with Crippen LogP contribution in [0.3, 0.4) is 0 Å². The van der Waals surface area contributed by atoms with Gasteiger partial charge in [-0.3, -0.25) is 4.79 Å². The number of hydrogen-bond acceptors (Lipinski definition) is 6. The van der Waals surface area contributed by atoms with Crippen LogP contribution in [-0.2, 0) is 11.3 Å². The molecule has 8 heteroatoms. The number of anilines is 1. The second kappa shape index (κ2) is 6.58. The first kappa shape index (κ1) is 14.6. The van der Waals surface area contributed by atoms with Crippen LogP contribution in [0, 0.1) is 6.92 Å². The number of aryl methyl sites for hydroxylation is 1. The highest BCUT2D eigenvalue weighted by atomic mass is 32.1. The van der Waals surface area contributed by atoms with Gasteiger partial charge in [-0.15, -0.1) is 16.4 Å². The normalized spacial score (nSPS) is 12.3. The molecule has 1 unspecified atom stereocenters. The van der Waals surface area contributed by atoms with Gasteiger partial charge in [0, 0.05) is 5.38 Å². The van der Waals surface area contributed by atoms with Crippen molar-refractivity contribution in [3.63, 3.8) is 0 Å². The number of nitrogens with zero attached hydrogens (tertiary/aromatic N) is 4. The minimum absolute atomic E-state index is 0.102. The van der Waals surface area contributed by atoms with E-state index in [0.717, 1.165) is 18.5 Å². The molecule has 0 aliphatic heterocycles. The fraction of sp³-hybridized carbons (Fsp3) is 0.500. The molecule has 0 spiro atoms. The third-order valence-electron chi connectivity index (χ3n) is 2.71. The van der Waals surface area contributed by atoms with Gasteiger partial charge >= 0.3 is 0 Å². The van der Waals surface area contributed by atoms with Gasteiger partial charge in [0.1, 0.15) is 6.54 Å². The van der Waals surface area contributed by atoms with Crippen molar-refractivity contribution in [3.05, 3.63) is 23.0 Å². The van der Waals surface area contributed by atoms with Crippen LogP contribution in [0.2, 0.25) is 0 Å². The van der Waals surface area contributed by atoms with Crippen LogP contribution in [0.5, 0.6) is 0 Å². The highest BCUT2D eigenvalue weighted by Crippen LogP contribution is 2.14. The Kier molecular flexibility index (Phi) is 4.80. The summed E-state index contributed by atoms with van der Waals surface area (Å²) < 4.78 is 1.49. The Morgan fingerprint density at radius 2 is 2.40 bits per heavy atom. The van der Waals surface area contributed by atoms with Crippen molar-refractivity contribution in [1.82, 2.24) is 20.0 Å². The molecule has 108 valence electrons. The summed E-state index contributed by atoms with van der Waals surface area (Å²) in [5.41, 5.74) is 7.55. The molecule has 0 aliphatic rings. The lowest BCUT2D eigenvalue weighted by molar-refractivity contribution is -0.116. The first-order chi connectivity index (χ1) is 9.58. The van der Waals surface area contributed by atoms with Crippen LogP contribution in [-0.4, -0.2) is 25.9 Å². The summed E-state index contributed by atoms with van der Waals surface area (Å²) in [6.07, 6.45) is 3.55. The zero-order valence-electron chi connectivity index (χ0n) is 11.5. The molecule has 2 heterocycles. The van der Waals surface area contributed by atoms with E-state index in [1.165, 1.54) is 16.0 Å². The maximum absolute atomic E-state index is 11.8. The number of thiazole rings is 1. The summed E-state index contributed by atoms with van der Waals surface area (Å²) in [6.45, 7) is 4.04. The number of nitrogens with one attached hydrogen (secondary N) is 1. The van der Waals surface area contributed by atoms with E-state index in [0.29, 0.717) is 10.8 Å². The molecule has 0 aliphatic carbocycles. The molecule has 20 heavy (non-hydrogen) atoms. The second-order valence-electron chi connectivity index (χ2n) is 4.58. The molecule has 0 saturated carbocycles. The zero-order chi connectivity index (χ0) is 14.5. The monoisotopic (exact) mass is 294 g/mol. The van der Waals surface area contributed by atoms with Gasteiger partial charge in [0.05, 0.1) is 23.6 Å². The number of amides is 1. The largest absolute Gasteiger partial charge is 0.323 e. The molecule has 3 N–H and O–H groups in total. The summed E-state index contributed by atoms with van der Waals surface area (Å²) in [6, 6.07) is -0.126. The summed E-state index contributed by atoms with van der Waals surface area (Å²) >= 11 is 1.40. The molecule has 0 radical (unpaired) electrons. The molecule has 0 aromatic carbocycles. The lowest BCUT2D eigenvalue weighted by Crippen LogP contribution is -2.19. The Morgan fingerprint density at radius 1 is 1.60 bits per heavy atom. The SMILES string of the molecule is CCCC(N)c1cn(CC(=O)Nc2nc(C)cs2)nn1. The topological polar surface area (TPSA) is 98.7 Å². The van der Waals surface area contributed by atoms with Crippen LogP contribution in [0.15, 0.2) is 11.6 Å². The smallest absolute Gasteiger partial charge is 0.247 e. The third-order valence-corrected chi connectivity index (χ3v) is 3.58. The quantitative estimate of drug-likeness (QED) is 0.840. The van der Waals surface area contributed by atoms with Gasteiger partial charge in [-0.2, -0.15) is 0 Å². The second-order valence-corrected chi connectivity index (χ2v) is 5.44. The van der Waals surface area contributed by atoms with E-state index in [4.69, 9.17) is 5.73 Å². The Hall–Kier alpha value is -1.80. The van der Waals surface area contributed by atoms with E-state index in [9.17, 15) is 4.79 Å². The minimum atomic E-state index is -0.181. The van der Waals surface area contributed by atoms with E-state index >= 15 is 0 Å². The van der Waals surface area contributed by atoms with Crippen LogP contribution in [0.1, 0.15) is 37.2 Å². The molecule has 0 saturated heterocycles. The zero-order valence-corrected chi connectivity index (χ0v) is 12.4. The standard InChI is InChI=1S/C12H18N6OS/c1-3-4-9(13)10-5-18(17-16-10)6-11(19)15-12-14-8(2)7-20-12/h5,7,9H,3-4,6,13H2,1-2H3,(H,14,15,19). The Morgan fingerprint density at radius 3 is 3.05 bits per heavy atom. The molecular weight excluding hydrogens is 276 g/mol. The lowest BCUT2D eigenvalue weighted by Gasteiger charge is -2.04. The Balaban J connectivity index is 1.91. The maximum atomic E-state index is 11.8. The van der Waals surface area contributed by atoms with E-state index in [2.05, 4.69) is 27.5 Å². The van der Waals surface area contributed by atoms with Gasteiger partial charge in [-0.25, -0.2) is 9.67 Å². The van der Waals surface area contributed by atoms with Gasteiger partial charge in [-0.05, 0) is 13.3 Å². The molecule has 2 rings (SSSR count). The lowest BCUT2D eigenvalue weighted by atomic mass is 10.1. The molecular formula is C12H18N6OS. The summed E-state index contributed by atoms with van der Waals surface area (Å²) in [5.74, 6) is -0.181. The molecule has 1 amide bonds. The molecule has 7 nitrogen and oxygen atoms in total. The molecule has 2 aromatic rings. The van der Waals surface area contributed by atoms with Crippen molar-refractivity contribution < 1.29 is 4.79 Å². The van der Waals surface area contributed by atoms with E-state index in [1.54, 1.807) is 6.20 Å². The number of aromatic nitrogens is 4. The first-order valence-corrected chi connectivity index (χ1v) is 7.34. The minimum Gasteiger partial charge on any atom is -0.323 e. The number of nitrogens with two attached hydrogens (primary N) is 1. The van der Waals surface area contributed by atoms with E-state index < -0.39 is 0 Å². The van der Waals surface area contributed by atoms with Crippen molar-refractivity contribution >= 4 is 22.4 Å². The average molecular weight is 294 g/mol. The van der Waals surface area contributed by atoms with Gasteiger partial charge in [0.15, 0.2) is 5.13 Å². The van der Waals surface area contributed by atoms with E-state index in [-0.39, 0.29) is 18.5 Å². The average Bonchev–Trinajstić information content (AvgIpc) is 2.99.